The standard InChI is InChI=1S/C6H10N2OS/c1-5-3-7-6(8-5)4-10(2)9/h3H,4H2,1-2H3,(H,7,8). The number of aromatic nitrogens is 2. The third kappa shape index (κ3) is 1.95. The molecule has 0 aliphatic heterocycles. The number of nitrogens with one attached hydrogen (secondary N) is 1. The Labute approximate surface area is 62.3 Å². The average Bonchev–Trinajstić information content (AvgIpc) is 2.13. The summed E-state index contributed by atoms with van der Waals surface area (Å²) >= 11 is 0. The Kier molecular flexibility index (Phi) is 2.21. The van der Waals surface area contributed by atoms with Crippen LogP contribution >= 0.6 is 0 Å². The van der Waals surface area contributed by atoms with E-state index in [9.17, 15) is 4.21 Å². The highest BCUT2D eigenvalue weighted by atomic mass is 32.2. The second kappa shape index (κ2) is 2.96. The molecule has 0 spiro atoms. The summed E-state index contributed by atoms with van der Waals surface area (Å²) < 4.78 is 10.7. The number of imidazole rings is 1. The van der Waals surface area contributed by atoms with Crippen molar-refractivity contribution in [2.45, 2.75) is 12.7 Å². The van der Waals surface area contributed by atoms with Crippen molar-refractivity contribution in [3.8, 4) is 0 Å². The van der Waals surface area contributed by atoms with Crippen molar-refractivity contribution in [3.05, 3.63) is 17.7 Å². The van der Waals surface area contributed by atoms with Crippen LogP contribution in [0.4, 0.5) is 0 Å². The fourth-order valence-corrected chi connectivity index (χ4v) is 1.26. The molecule has 0 aromatic carbocycles. The molecule has 0 amide bonds. The maximum Gasteiger partial charge on any atom is 0.118 e. The topological polar surface area (TPSA) is 45.8 Å². The normalized spacial score (nSPS) is 13.4. The Morgan fingerprint density at radius 1 is 1.80 bits per heavy atom. The Morgan fingerprint density at radius 2 is 2.50 bits per heavy atom. The van der Waals surface area contributed by atoms with E-state index in [-0.39, 0.29) is 0 Å². The molecule has 0 radical (unpaired) electrons. The molecule has 0 aliphatic rings. The lowest BCUT2D eigenvalue weighted by Gasteiger charge is -1.88. The van der Waals surface area contributed by atoms with Crippen LogP contribution in [0.3, 0.4) is 0 Å². The first kappa shape index (κ1) is 7.47. The van der Waals surface area contributed by atoms with Crippen LogP contribution in [0.5, 0.6) is 0 Å². The lowest BCUT2D eigenvalue weighted by molar-refractivity contribution is 0.685. The van der Waals surface area contributed by atoms with Gasteiger partial charge in [-0.15, -0.1) is 0 Å². The third-order valence-electron chi connectivity index (χ3n) is 1.10. The minimum absolute atomic E-state index is 0.522. The molecule has 0 saturated carbocycles. The molecule has 56 valence electrons. The van der Waals surface area contributed by atoms with Crippen LogP contribution in [-0.2, 0) is 16.6 Å². The summed E-state index contributed by atoms with van der Waals surface area (Å²) in [5.74, 6) is 1.33. The van der Waals surface area contributed by atoms with E-state index in [0.29, 0.717) is 5.75 Å². The van der Waals surface area contributed by atoms with Crippen LogP contribution in [0.2, 0.25) is 0 Å². The average molecular weight is 158 g/mol. The molecular weight excluding hydrogens is 148 g/mol. The number of nitrogens with zero attached hydrogens (tertiary/aromatic N) is 1. The molecule has 4 heteroatoms. The van der Waals surface area contributed by atoms with Gasteiger partial charge in [0.15, 0.2) is 0 Å². The molecule has 10 heavy (non-hydrogen) atoms. The first-order chi connectivity index (χ1) is 4.68. The molecule has 1 aromatic rings. The highest BCUT2D eigenvalue weighted by molar-refractivity contribution is 7.83. The smallest absolute Gasteiger partial charge is 0.118 e. The van der Waals surface area contributed by atoms with Gasteiger partial charge in [-0.05, 0) is 6.92 Å². The maximum atomic E-state index is 10.7. The second-order valence-electron chi connectivity index (χ2n) is 2.23. The molecule has 1 atom stereocenters. The van der Waals surface area contributed by atoms with Crippen molar-refractivity contribution in [2.75, 3.05) is 6.26 Å². The Hall–Kier alpha value is -0.640. The monoisotopic (exact) mass is 158 g/mol. The fraction of sp³-hybridized carbons (Fsp3) is 0.500. The van der Waals surface area contributed by atoms with Crippen molar-refractivity contribution >= 4 is 10.8 Å². The van der Waals surface area contributed by atoms with Crippen molar-refractivity contribution in [1.82, 2.24) is 9.97 Å². The number of hydrogen-bond donors (Lipinski definition) is 1. The summed E-state index contributed by atoms with van der Waals surface area (Å²) in [6.07, 6.45) is 3.40. The van der Waals surface area contributed by atoms with Crippen LogP contribution in [0.25, 0.3) is 0 Å². The molecule has 1 unspecified atom stereocenters. The van der Waals surface area contributed by atoms with Gasteiger partial charge in [0.05, 0.1) is 5.75 Å². The van der Waals surface area contributed by atoms with Gasteiger partial charge >= 0.3 is 0 Å². The summed E-state index contributed by atoms with van der Waals surface area (Å²) in [6.45, 7) is 1.93. The van der Waals surface area contributed by atoms with Crippen LogP contribution in [-0.4, -0.2) is 20.4 Å². The zero-order valence-corrected chi connectivity index (χ0v) is 6.86. The van der Waals surface area contributed by atoms with E-state index in [1.54, 1.807) is 12.5 Å². The summed E-state index contributed by atoms with van der Waals surface area (Å²) in [4.78, 5) is 7.01. The minimum atomic E-state index is -0.797. The first-order valence-corrected chi connectivity index (χ1v) is 4.71. The maximum absolute atomic E-state index is 10.7. The molecule has 0 bridgehead atoms. The minimum Gasteiger partial charge on any atom is -0.345 e. The van der Waals surface area contributed by atoms with E-state index in [2.05, 4.69) is 9.97 Å². The zero-order chi connectivity index (χ0) is 7.56. The van der Waals surface area contributed by atoms with Gasteiger partial charge in [0.2, 0.25) is 0 Å². The number of rotatable bonds is 2. The Morgan fingerprint density at radius 3 is 2.90 bits per heavy atom. The Balaban J connectivity index is 2.67. The molecule has 3 nitrogen and oxygen atoms in total. The molecule has 0 aliphatic carbocycles. The molecule has 0 fully saturated rings. The van der Waals surface area contributed by atoms with Gasteiger partial charge in [-0.1, -0.05) is 0 Å². The van der Waals surface area contributed by atoms with E-state index in [4.69, 9.17) is 0 Å². The molecule has 1 aromatic heterocycles. The first-order valence-electron chi connectivity index (χ1n) is 2.99. The molecule has 1 heterocycles. The predicted octanol–water partition coefficient (Wildman–Crippen LogP) is 0.597. The van der Waals surface area contributed by atoms with Gasteiger partial charge in [0, 0.05) is 28.9 Å². The van der Waals surface area contributed by atoms with Crippen LogP contribution in [0.1, 0.15) is 11.5 Å². The lowest BCUT2D eigenvalue weighted by Crippen LogP contribution is -1.93. The van der Waals surface area contributed by atoms with Crippen molar-refractivity contribution in [3.63, 3.8) is 0 Å². The fourth-order valence-electron chi connectivity index (χ4n) is 0.733. The number of aryl methyl sites for hydroxylation is 1. The van der Waals surface area contributed by atoms with Gasteiger partial charge in [-0.2, -0.15) is 0 Å². The van der Waals surface area contributed by atoms with E-state index in [0.717, 1.165) is 11.5 Å². The molecule has 1 N–H and O–H groups in total. The van der Waals surface area contributed by atoms with Crippen molar-refractivity contribution < 1.29 is 4.21 Å². The highest BCUT2D eigenvalue weighted by Crippen LogP contribution is 1.96. The third-order valence-corrected chi connectivity index (χ3v) is 1.78. The van der Waals surface area contributed by atoms with Crippen LogP contribution in [0.15, 0.2) is 6.20 Å². The van der Waals surface area contributed by atoms with Crippen LogP contribution < -0.4 is 0 Å². The van der Waals surface area contributed by atoms with E-state index in [1.807, 2.05) is 6.92 Å². The quantitative estimate of drug-likeness (QED) is 0.685. The lowest BCUT2D eigenvalue weighted by atomic mass is 10.6. The van der Waals surface area contributed by atoms with Gasteiger partial charge in [-0.25, -0.2) is 4.98 Å². The molecular formula is C6H10N2OS. The number of aromatic amines is 1. The number of H-pyrrole nitrogens is 1. The van der Waals surface area contributed by atoms with E-state index >= 15 is 0 Å². The second-order valence-corrected chi connectivity index (χ2v) is 3.67. The van der Waals surface area contributed by atoms with Gasteiger partial charge < -0.3 is 4.98 Å². The largest absolute Gasteiger partial charge is 0.345 e. The summed E-state index contributed by atoms with van der Waals surface area (Å²) in [6, 6.07) is 0. The number of hydrogen-bond acceptors (Lipinski definition) is 2. The molecule has 1 rings (SSSR count). The van der Waals surface area contributed by atoms with Crippen molar-refractivity contribution in [2.24, 2.45) is 0 Å². The van der Waals surface area contributed by atoms with Crippen LogP contribution in [0, 0.1) is 6.92 Å². The summed E-state index contributed by atoms with van der Waals surface area (Å²) in [5.41, 5.74) is 1.01. The van der Waals surface area contributed by atoms with Gasteiger partial charge in [-0.3, -0.25) is 4.21 Å². The van der Waals surface area contributed by atoms with Crippen molar-refractivity contribution in [1.29, 1.82) is 0 Å². The summed E-state index contributed by atoms with van der Waals surface area (Å²) in [7, 11) is -0.797. The highest BCUT2D eigenvalue weighted by Gasteiger charge is 1.97. The van der Waals surface area contributed by atoms with Gasteiger partial charge in [0.25, 0.3) is 0 Å². The van der Waals surface area contributed by atoms with E-state index < -0.39 is 10.8 Å². The SMILES string of the molecule is Cc1cnc(CS(C)=O)[nH]1. The zero-order valence-electron chi connectivity index (χ0n) is 6.05. The van der Waals surface area contributed by atoms with Gasteiger partial charge in [0.1, 0.15) is 5.82 Å². The van der Waals surface area contributed by atoms with E-state index in [1.165, 1.54) is 0 Å². The summed E-state index contributed by atoms with van der Waals surface area (Å²) in [5, 5.41) is 0. The Bertz CT molecular complexity index is 244. The molecule has 0 saturated heterocycles. The predicted molar refractivity (Wildman–Crippen MR) is 41.1 cm³/mol.